The van der Waals surface area contributed by atoms with Crippen molar-refractivity contribution >= 4 is 28.9 Å². The van der Waals surface area contributed by atoms with Crippen molar-refractivity contribution in [1.29, 1.82) is 0 Å². The first kappa shape index (κ1) is 21.9. The zero-order valence-corrected chi connectivity index (χ0v) is 16.6. The minimum atomic E-state index is -4.99. The minimum absolute atomic E-state index is 0.0265. The van der Waals surface area contributed by atoms with Gasteiger partial charge in [0.05, 0.1) is 24.1 Å². The van der Waals surface area contributed by atoms with Crippen molar-refractivity contribution in [3.8, 4) is 0 Å². The topological polar surface area (TPSA) is 79.2 Å². The molecule has 160 valence electrons. The molecule has 1 aromatic rings. The Hall–Kier alpha value is -2.82. The van der Waals surface area contributed by atoms with E-state index in [9.17, 15) is 32.3 Å². The van der Waals surface area contributed by atoms with Crippen molar-refractivity contribution in [2.24, 2.45) is 4.99 Å². The Morgan fingerprint density at radius 1 is 1.33 bits per heavy atom. The highest BCUT2D eigenvalue weighted by molar-refractivity contribution is 8.16. The Kier molecular flexibility index (Phi) is 5.93. The minimum Gasteiger partial charge on any atom is -0.481 e. The molecule has 0 spiro atoms. The van der Waals surface area contributed by atoms with Gasteiger partial charge in [0.15, 0.2) is 10.9 Å². The standard InChI is InChI=1S/C19H16F4N2O4S/c1-9(2)29-17(28)14-15(10-4-3-5-11(20)6-10)25-12(7-13(26)27)8-30-18(25)24-16(14)19(21,22)23/h3-6,8-9,15H,7H2,1-2H3,(H,26,27). The van der Waals surface area contributed by atoms with Gasteiger partial charge in [0.25, 0.3) is 0 Å². The van der Waals surface area contributed by atoms with Gasteiger partial charge in [-0.25, -0.2) is 14.2 Å². The first-order valence-corrected chi connectivity index (χ1v) is 9.60. The number of hydrogen-bond acceptors (Lipinski definition) is 6. The third kappa shape index (κ3) is 4.35. The second kappa shape index (κ2) is 8.13. The fourth-order valence-electron chi connectivity index (χ4n) is 3.10. The van der Waals surface area contributed by atoms with E-state index in [1.54, 1.807) is 0 Å². The first-order valence-electron chi connectivity index (χ1n) is 8.72. The molecule has 1 aromatic carbocycles. The van der Waals surface area contributed by atoms with Crippen LogP contribution in [0.25, 0.3) is 0 Å². The number of carboxylic acids is 1. The summed E-state index contributed by atoms with van der Waals surface area (Å²) in [6.45, 7) is 2.95. The number of rotatable bonds is 5. The monoisotopic (exact) mass is 444 g/mol. The maximum Gasteiger partial charge on any atom is 0.434 e. The lowest BCUT2D eigenvalue weighted by molar-refractivity contribution is -0.145. The van der Waals surface area contributed by atoms with Gasteiger partial charge in [-0.3, -0.25) is 4.79 Å². The number of nitrogens with zero attached hydrogens (tertiary/aromatic N) is 2. The zero-order chi connectivity index (χ0) is 22.2. The SMILES string of the molecule is CC(C)OC(=O)C1=C(C(F)(F)F)N=C2SC=C(CC(=O)O)N2C1c1cccc(F)c1. The molecule has 0 radical (unpaired) electrons. The third-order valence-electron chi connectivity index (χ3n) is 4.14. The summed E-state index contributed by atoms with van der Waals surface area (Å²) in [5.41, 5.74) is -2.13. The largest absolute Gasteiger partial charge is 0.481 e. The molecule has 0 bridgehead atoms. The average molecular weight is 444 g/mol. The van der Waals surface area contributed by atoms with Crippen LogP contribution in [0, 0.1) is 5.82 Å². The predicted octanol–water partition coefficient (Wildman–Crippen LogP) is 4.37. The van der Waals surface area contributed by atoms with Crippen molar-refractivity contribution in [2.75, 3.05) is 0 Å². The summed E-state index contributed by atoms with van der Waals surface area (Å²) in [4.78, 5) is 28.8. The Bertz CT molecular complexity index is 985. The molecule has 1 N–H and O–H groups in total. The molecule has 0 fully saturated rings. The van der Waals surface area contributed by atoms with E-state index in [0.29, 0.717) is 0 Å². The van der Waals surface area contributed by atoms with Crippen LogP contribution in [-0.4, -0.2) is 39.4 Å². The number of amidine groups is 1. The van der Waals surface area contributed by atoms with Gasteiger partial charge in [-0.1, -0.05) is 23.9 Å². The van der Waals surface area contributed by atoms with Gasteiger partial charge in [0.1, 0.15) is 5.82 Å². The van der Waals surface area contributed by atoms with Crippen LogP contribution in [0.15, 0.2) is 51.6 Å². The van der Waals surface area contributed by atoms with Crippen LogP contribution in [0.2, 0.25) is 0 Å². The van der Waals surface area contributed by atoms with Gasteiger partial charge in [-0.05, 0) is 37.0 Å². The number of carbonyl (C=O) groups excluding carboxylic acids is 1. The number of carbonyl (C=O) groups is 2. The number of halogens is 4. The van der Waals surface area contributed by atoms with Gasteiger partial charge < -0.3 is 14.7 Å². The quantitative estimate of drug-likeness (QED) is 0.537. The van der Waals surface area contributed by atoms with E-state index in [0.717, 1.165) is 23.9 Å². The van der Waals surface area contributed by atoms with E-state index in [1.807, 2.05) is 0 Å². The van der Waals surface area contributed by atoms with E-state index >= 15 is 0 Å². The van der Waals surface area contributed by atoms with E-state index in [-0.39, 0.29) is 16.4 Å². The Balaban J connectivity index is 2.25. The summed E-state index contributed by atoms with van der Waals surface area (Å²) in [6.07, 6.45) is -6.24. The molecule has 1 atom stereocenters. The van der Waals surface area contributed by atoms with Crippen molar-refractivity contribution in [2.45, 2.75) is 38.6 Å². The molecule has 0 saturated carbocycles. The number of hydrogen-bond donors (Lipinski definition) is 1. The lowest BCUT2D eigenvalue weighted by Gasteiger charge is -2.37. The molecular weight excluding hydrogens is 428 g/mol. The number of alkyl halides is 3. The smallest absolute Gasteiger partial charge is 0.434 e. The van der Waals surface area contributed by atoms with Gasteiger partial charge in [0.2, 0.25) is 0 Å². The number of ether oxygens (including phenoxy) is 1. The molecule has 1 unspecified atom stereocenters. The van der Waals surface area contributed by atoms with Crippen LogP contribution in [0.4, 0.5) is 17.6 Å². The van der Waals surface area contributed by atoms with Crippen LogP contribution in [-0.2, 0) is 14.3 Å². The number of allylic oxidation sites excluding steroid dienone is 1. The first-order chi connectivity index (χ1) is 14.0. The number of benzene rings is 1. The number of fused-ring (bicyclic) bond motifs is 1. The van der Waals surface area contributed by atoms with Crippen LogP contribution >= 0.6 is 11.8 Å². The van der Waals surface area contributed by atoms with E-state index in [2.05, 4.69) is 4.99 Å². The molecule has 3 rings (SSSR count). The maximum atomic E-state index is 13.9. The number of carboxylic acid groups (broad SMARTS) is 1. The Morgan fingerprint density at radius 3 is 2.60 bits per heavy atom. The summed E-state index contributed by atoms with van der Waals surface area (Å²) in [5, 5.41) is 10.4. The molecule has 2 heterocycles. The molecule has 0 saturated heterocycles. The highest BCUT2D eigenvalue weighted by atomic mass is 32.2. The summed E-state index contributed by atoms with van der Waals surface area (Å²) in [6, 6.07) is 3.28. The number of aliphatic carboxylic acids is 1. The van der Waals surface area contributed by atoms with Crippen LogP contribution in [0.3, 0.4) is 0 Å². The lowest BCUT2D eigenvalue weighted by atomic mass is 9.93. The molecule has 11 heteroatoms. The van der Waals surface area contributed by atoms with Gasteiger partial charge >= 0.3 is 18.1 Å². The number of esters is 1. The average Bonchev–Trinajstić information content (AvgIpc) is 3.00. The van der Waals surface area contributed by atoms with Crippen LogP contribution in [0.5, 0.6) is 0 Å². The summed E-state index contributed by atoms with van der Waals surface area (Å²) < 4.78 is 60.5. The molecule has 0 amide bonds. The van der Waals surface area contributed by atoms with E-state index < -0.39 is 53.8 Å². The Morgan fingerprint density at radius 2 is 2.03 bits per heavy atom. The number of aliphatic imine (C=N–C) groups is 1. The normalized spacial score (nSPS) is 18.9. The van der Waals surface area contributed by atoms with Gasteiger partial charge in [-0.2, -0.15) is 13.2 Å². The molecule has 0 aromatic heterocycles. The molecule has 0 aliphatic carbocycles. The van der Waals surface area contributed by atoms with Crippen molar-refractivity contribution in [3.05, 3.63) is 58.0 Å². The highest BCUT2D eigenvalue weighted by Gasteiger charge is 2.49. The fourth-order valence-corrected chi connectivity index (χ4v) is 4.02. The second-order valence-corrected chi connectivity index (χ2v) is 7.57. The molecular formula is C19H16F4N2O4S. The summed E-state index contributed by atoms with van der Waals surface area (Å²) in [7, 11) is 0. The summed E-state index contributed by atoms with van der Waals surface area (Å²) in [5.74, 6) is -3.21. The maximum absolute atomic E-state index is 13.9. The molecule has 6 nitrogen and oxygen atoms in total. The molecule has 2 aliphatic heterocycles. The van der Waals surface area contributed by atoms with E-state index in [4.69, 9.17) is 4.74 Å². The lowest BCUT2D eigenvalue weighted by Crippen LogP contribution is -2.39. The van der Waals surface area contributed by atoms with Crippen LogP contribution in [0.1, 0.15) is 31.9 Å². The Labute approximate surface area is 172 Å². The van der Waals surface area contributed by atoms with E-state index in [1.165, 1.54) is 36.3 Å². The molecule has 30 heavy (non-hydrogen) atoms. The summed E-state index contributed by atoms with van der Waals surface area (Å²) >= 11 is 0.797. The molecule has 2 aliphatic rings. The van der Waals surface area contributed by atoms with Crippen molar-refractivity contribution < 1.29 is 37.0 Å². The van der Waals surface area contributed by atoms with Gasteiger partial charge in [0, 0.05) is 5.70 Å². The van der Waals surface area contributed by atoms with Crippen LogP contribution < -0.4 is 0 Å². The second-order valence-electron chi connectivity index (χ2n) is 6.73. The predicted molar refractivity (Wildman–Crippen MR) is 101 cm³/mol. The van der Waals surface area contributed by atoms with Crippen molar-refractivity contribution in [1.82, 2.24) is 4.90 Å². The van der Waals surface area contributed by atoms with Gasteiger partial charge in [-0.15, -0.1) is 0 Å². The zero-order valence-electron chi connectivity index (χ0n) is 15.7. The highest BCUT2D eigenvalue weighted by Crippen LogP contribution is 2.48. The fraction of sp³-hybridized carbons (Fsp3) is 0.316. The third-order valence-corrected chi connectivity index (χ3v) is 5.03. The van der Waals surface area contributed by atoms with Crippen molar-refractivity contribution in [3.63, 3.8) is 0 Å². The number of thioether (sulfide) groups is 1.